The Hall–Kier alpha value is -1.40. The van der Waals surface area contributed by atoms with Crippen LogP contribution in [0.1, 0.15) is 25.5 Å². The van der Waals surface area contributed by atoms with E-state index in [0.29, 0.717) is 19.4 Å². The molecule has 1 aromatic heterocycles. The Morgan fingerprint density at radius 3 is 2.37 bits per heavy atom. The van der Waals surface area contributed by atoms with Gasteiger partial charge in [0, 0.05) is 45.5 Å². The fourth-order valence-electron chi connectivity index (χ4n) is 2.35. The van der Waals surface area contributed by atoms with Crippen LogP contribution in [0.4, 0.5) is 0 Å². The van der Waals surface area contributed by atoms with Crippen LogP contribution in [0.25, 0.3) is 0 Å². The van der Waals surface area contributed by atoms with Crippen LogP contribution < -0.4 is 11.2 Å². The van der Waals surface area contributed by atoms with Crippen LogP contribution in [0.15, 0.2) is 15.7 Å². The Morgan fingerprint density at radius 1 is 1.21 bits per heavy atom. The first-order valence-electron chi connectivity index (χ1n) is 6.51. The summed E-state index contributed by atoms with van der Waals surface area (Å²) in [6, 6.07) is 1.51. The van der Waals surface area contributed by atoms with E-state index in [1.165, 1.54) is 17.7 Å². The molecular weight excluding hydrogens is 246 g/mol. The molecule has 0 radical (unpaired) electrons. The van der Waals surface area contributed by atoms with Crippen LogP contribution in [0.2, 0.25) is 0 Å². The van der Waals surface area contributed by atoms with Crippen molar-refractivity contribution >= 4 is 0 Å². The Bertz CT molecular complexity index is 576. The van der Waals surface area contributed by atoms with Crippen molar-refractivity contribution in [1.82, 2.24) is 14.0 Å². The molecule has 1 saturated heterocycles. The Morgan fingerprint density at radius 2 is 1.79 bits per heavy atom. The van der Waals surface area contributed by atoms with Crippen molar-refractivity contribution in [3.8, 4) is 0 Å². The normalized spacial score (nSPS) is 19.6. The van der Waals surface area contributed by atoms with E-state index in [9.17, 15) is 14.7 Å². The van der Waals surface area contributed by atoms with Gasteiger partial charge in [-0.2, -0.15) is 0 Å². The lowest BCUT2D eigenvalue weighted by Gasteiger charge is -2.35. The first-order chi connectivity index (χ1) is 8.80. The summed E-state index contributed by atoms with van der Waals surface area (Å²) in [7, 11) is 3.16. The van der Waals surface area contributed by atoms with Crippen molar-refractivity contribution < 1.29 is 5.11 Å². The summed E-state index contributed by atoms with van der Waals surface area (Å²) in [4.78, 5) is 25.6. The molecule has 0 bridgehead atoms. The zero-order valence-corrected chi connectivity index (χ0v) is 11.7. The maximum Gasteiger partial charge on any atom is 0.330 e. The molecule has 2 rings (SSSR count). The lowest BCUT2D eigenvalue weighted by atomic mass is 9.94. The standard InChI is InChI=1S/C13H21N3O3/c1-13(19)4-6-16(7-5-13)9-10-8-11(17)15(3)12(18)14(10)2/h8,19H,4-7,9H2,1-3H3. The summed E-state index contributed by atoms with van der Waals surface area (Å²) < 4.78 is 2.61. The van der Waals surface area contributed by atoms with Crippen molar-refractivity contribution in [2.24, 2.45) is 14.1 Å². The molecule has 0 saturated carbocycles. The molecule has 0 unspecified atom stereocenters. The second-order valence-electron chi connectivity index (χ2n) is 5.65. The van der Waals surface area contributed by atoms with Crippen molar-refractivity contribution in [1.29, 1.82) is 0 Å². The fourth-order valence-corrected chi connectivity index (χ4v) is 2.35. The van der Waals surface area contributed by atoms with Gasteiger partial charge in [-0.1, -0.05) is 0 Å². The van der Waals surface area contributed by atoms with Crippen molar-refractivity contribution in [3.63, 3.8) is 0 Å². The highest BCUT2D eigenvalue weighted by Gasteiger charge is 2.27. The first kappa shape index (κ1) is 14.0. The van der Waals surface area contributed by atoms with E-state index in [-0.39, 0.29) is 11.2 Å². The summed E-state index contributed by atoms with van der Waals surface area (Å²) in [6.45, 7) is 3.96. The van der Waals surface area contributed by atoms with E-state index in [1.807, 2.05) is 6.92 Å². The number of piperidine rings is 1. The van der Waals surface area contributed by atoms with Crippen LogP contribution in [0, 0.1) is 0 Å². The average Bonchev–Trinajstić information content (AvgIpc) is 2.36. The monoisotopic (exact) mass is 267 g/mol. The van der Waals surface area contributed by atoms with E-state index in [1.54, 1.807) is 7.05 Å². The fraction of sp³-hybridized carbons (Fsp3) is 0.692. The minimum atomic E-state index is -0.588. The molecule has 6 heteroatoms. The van der Waals surface area contributed by atoms with Crippen LogP contribution in [0.3, 0.4) is 0 Å². The Labute approximate surface area is 111 Å². The van der Waals surface area contributed by atoms with Gasteiger partial charge in [0.05, 0.1) is 5.60 Å². The summed E-state index contributed by atoms with van der Waals surface area (Å²) >= 11 is 0. The molecule has 0 aromatic carbocycles. The lowest BCUT2D eigenvalue weighted by Crippen LogP contribution is -2.44. The van der Waals surface area contributed by atoms with E-state index in [2.05, 4.69) is 4.90 Å². The zero-order valence-electron chi connectivity index (χ0n) is 11.7. The third-order valence-electron chi connectivity index (χ3n) is 3.94. The van der Waals surface area contributed by atoms with Crippen molar-refractivity contribution in [3.05, 3.63) is 32.6 Å². The van der Waals surface area contributed by atoms with Gasteiger partial charge in [0.1, 0.15) is 0 Å². The molecule has 0 aliphatic carbocycles. The van der Waals surface area contributed by atoms with E-state index in [0.717, 1.165) is 23.4 Å². The maximum absolute atomic E-state index is 11.8. The molecule has 1 N–H and O–H groups in total. The second-order valence-corrected chi connectivity index (χ2v) is 5.65. The van der Waals surface area contributed by atoms with E-state index < -0.39 is 5.60 Å². The van der Waals surface area contributed by atoms with Gasteiger partial charge < -0.3 is 5.11 Å². The van der Waals surface area contributed by atoms with Gasteiger partial charge in [-0.3, -0.25) is 18.8 Å². The highest BCUT2D eigenvalue weighted by Crippen LogP contribution is 2.21. The number of aliphatic hydroxyl groups is 1. The third-order valence-corrected chi connectivity index (χ3v) is 3.94. The minimum absolute atomic E-state index is 0.276. The van der Waals surface area contributed by atoms with Gasteiger partial charge in [0.2, 0.25) is 0 Å². The van der Waals surface area contributed by atoms with Gasteiger partial charge in [0.25, 0.3) is 5.56 Å². The summed E-state index contributed by atoms with van der Waals surface area (Å²) in [5.74, 6) is 0. The van der Waals surface area contributed by atoms with E-state index >= 15 is 0 Å². The molecule has 6 nitrogen and oxygen atoms in total. The van der Waals surface area contributed by atoms with Gasteiger partial charge in [-0.05, 0) is 19.8 Å². The van der Waals surface area contributed by atoms with E-state index in [4.69, 9.17) is 0 Å². The topological polar surface area (TPSA) is 67.5 Å². The SMILES string of the molecule is Cn1c(CN2CCC(C)(O)CC2)cc(=O)n(C)c1=O. The van der Waals surface area contributed by atoms with Crippen molar-refractivity contribution in [2.45, 2.75) is 31.9 Å². The predicted molar refractivity (Wildman–Crippen MR) is 72.1 cm³/mol. The summed E-state index contributed by atoms with van der Waals surface area (Å²) in [6.07, 6.45) is 1.43. The zero-order chi connectivity index (χ0) is 14.2. The van der Waals surface area contributed by atoms with Crippen LogP contribution in [0.5, 0.6) is 0 Å². The second kappa shape index (κ2) is 4.94. The molecule has 0 amide bonds. The van der Waals surface area contributed by atoms with Gasteiger partial charge in [-0.25, -0.2) is 4.79 Å². The largest absolute Gasteiger partial charge is 0.390 e. The van der Waals surface area contributed by atoms with Gasteiger partial charge in [-0.15, -0.1) is 0 Å². The molecule has 0 atom stereocenters. The smallest absolute Gasteiger partial charge is 0.330 e. The summed E-state index contributed by atoms with van der Waals surface area (Å²) in [5.41, 5.74) is -0.446. The van der Waals surface area contributed by atoms with Crippen LogP contribution in [-0.4, -0.2) is 37.8 Å². The van der Waals surface area contributed by atoms with Crippen LogP contribution >= 0.6 is 0 Å². The number of hydrogen-bond acceptors (Lipinski definition) is 4. The van der Waals surface area contributed by atoms with Gasteiger partial charge in [0.15, 0.2) is 0 Å². The van der Waals surface area contributed by atoms with Gasteiger partial charge >= 0.3 is 5.69 Å². The number of hydrogen-bond donors (Lipinski definition) is 1. The molecule has 19 heavy (non-hydrogen) atoms. The molecule has 0 spiro atoms. The first-order valence-corrected chi connectivity index (χ1v) is 6.51. The summed E-state index contributed by atoms with van der Waals surface area (Å²) in [5, 5.41) is 9.90. The molecule has 1 fully saturated rings. The average molecular weight is 267 g/mol. The molecule has 2 heterocycles. The number of aromatic nitrogens is 2. The van der Waals surface area contributed by atoms with Crippen molar-refractivity contribution in [2.75, 3.05) is 13.1 Å². The molecule has 106 valence electrons. The Kier molecular flexibility index (Phi) is 3.64. The molecule has 1 aliphatic rings. The Balaban J connectivity index is 2.17. The highest BCUT2D eigenvalue weighted by atomic mass is 16.3. The third kappa shape index (κ3) is 2.96. The lowest BCUT2D eigenvalue weighted by molar-refractivity contribution is -0.00783. The minimum Gasteiger partial charge on any atom is -0.390 e. The maximum atomic E-state index is 11.8. The number of rotatable bonds is 2. The quantitative estimate of drug-likeness (QED) is 0.779. The van der Waals surface area contributed by atoms with Crippen LogP contribution in [-0.2, 0) is 20.6 Å². The predicted octanol–water partition coefficient (Wildman–Crippen LogP) is -0.569. The molecule has 1 aromatic rings. The number of likely N-dealkylation sites (tertiary alicyclic amines) is 1. The molecule has 1 aliphatic heterocycles. The number of nitrogens with zero attached hydrogens (tertiary/aromatic N) is 3. The molecular formula is C13H21N3O3. The highest BCUT2D eigenvalue weighted by molar-refractivity contribution is 5.02.